The second-order valence-corrected chi connectivity index (χ2v) is 4.01. The standard InChI is InChI=1S/C14H11NO2/c16-14(17)11-6-3-4-8-15-12-7-2-1-5-10(12)9-13(11)15/h1-7,9H,8H2,(H,16,17). The molecule has 2 heterocycles. The molecule has 1 aromatic heterocycles. The van der Waals surface area contributed by atoms with E-state index in [0.717, 1.165) is 16.6 Å². The number of carbonyl (C=O) groups is 1. The van der Waals surface area contributed by atoms with Gasteiger partial charge in [-0.3, -0.25) is 0 Å². The summed E-state index contributed by atoms with van der Waals surface area (Å²) >= 11 is 0. The van der Waals surface area contributed by atoms with Crippen LogP contribution in [0.3, 0.4) is 0 Å². The van der Waals surface area contributed by atoms with Crippen LogP contribution in [-0.2, 0) is 11.3 Å². The highest BCUT2D eigenvalue weighted by Crippen LogP contribution is 2.27. The summed E-state index contributed by atoms with van der Waals surface area (Å²) in [5.74, 6) is -0.888. The Morgan fingerprint density at radius 1 is 1.29 bits per heavy atom. The average molecular weight is 225 g/mol. The normalized spacial score (nSPS) is 14.2. The molecule has 0 amide bonds. The fraction of sp³-hybridized carbons (Fsp3) is 0.0714. The van der Waals surface area contributed by atoms with E-state index in [1.165, 1.54) is 0 Å². The van der Waals surface area contributed by atoms with Gasteiger partial charge >= 0.3 is 5.97 Å². The second kappa shape index (κ2) is 3.63. The summed E-state index contributed by atoms with van der Waals surface area (Å²) in [7, 11) is 0. The number of benzene rings is 1. The van der Waals surface area contributed by atoms with Crippen molar-refractivity contribution in [2.75, 3.05) is 0 Å². The van der Waals surface area contributed by atoms with Crippen LogP contribution < -0.4 is 0 Å². The van der Waals surface area contributed by atoms with Crippen LogP contribution in [0.25, 0.3) is 16.5 Å². The molecule has 0 radical (unpaired) electrons. The largest absolute Gasteiger partial charge is 0.478 e. The predicted octanol–water partition coefficient (Wildman–Crippen LogP) is 2.68. The molecule has 3 rings (SSSR count). The molecule has 0 saturated heterocycles. The van der Waals surface area contributed by atoms with Crippen LogP contribution >= 0.6 is 0 Å². The Kier molecular flexibility index (Phi) is 2.11. The van der Waals surface area contributed by atoms with Gasteiger partial charge in [-0.05, 0) is 18.2 Å². The Hall–Kier alpha value is -2.29. The lowest BCUT2D eigenvalue weighted by molar-refractivity contribution is -0.130. The molecule has 3 nitrogen and oxygen atoms in total. The zero-order chi connectivity index (χ0) is 11.8. The maximum absolute atomic E-state index is 11.2. The van der Waals surface area contributed by atoms with E-state index in [-0.39, 0.29) is 0 Å². The first-order valence-corrected chi connectivity index (χ1v) is 5.46. The number of carboxylic acids is 1. The van der Waals surface area contributed by atoms with Gasteiger partial charge < -0.3 is 9.67 Å². The molecule has 0 bridgehead atoms. The lowest BCUT2D eigenvalue weighted by Crippen LogP contribution is -2.05. The van der Waals surface area contributed by atoms with Crippen molar-refractivity contribution in [2.24, 2.45) is 0 Å². The number of allylic oxidation sites excluding steroid dienone is 3. The third kappa shape index (κ3) is 1.47. The smallest absolute Gasteiger partial charge is 0.337 e. The van der Waals surface area contributed by atoms with E-state index in [2.05, 4.69) is 0 Å². The summed E-state index contributed by atoms with van der Waals surface area (Å²) in [4.78, 5) is 11.2. The van der Waals surface area contributed by atoms with Gasteiger partial charge in [-0.25, -0.2) is 4.79 Å². The van der Waals surface area contributed by atoms with Crippen molar-refractivity contribution >= 4 is 22.4 Å². The zero-order valence-corrected chi connectivity index (χ0v) is 9.13. The van der Waals surface area contributed by atoms with Crippen molar-refractivity contribution in [1.29, 1.82) is 0 Å². The fourth-order valence-electron chi connectivity index (χ4n) is 2.23. The monoisotopic (exact) mass is 225 g/mol. The number of rotatable bonds is 1. The maximum atomic E-state index is 11.2. The zero-order valence-electron chi connectivity index (χ0n) is 9.13. The van der Waals surface area contributed by atoms with Crippen LogP contribution in [0.15, 0.2) is 48.6 Å². The van der Waals surface area contributed by atoms with E-state index in [9.17, 15) is 9.90 Å². The van der Waals surface area contributed by atoms with Crippen LogP contribution in [0.1, 0.15) is 5.69 Å². The average Bonchev–Trinajstić information content (AvgIpc) is 2.54. The molecule has 1 aromatic carbocycles. The van der Waals surface area contributed by atoms with Gasteiger partial charge in [-0.15, -0.1) is 0 Å². The Morgan fingerprint density at radius 2 is 2.12 bits per heavy atom. The minimum Gasteiger partial charge on any atom is -0.478 e. The highest BCUT2D eigenvalue weighted by Gasteiger charge is 2.17. The molecular formula is C14H11NO2. The summed E-state index contributed by atoms with van der Waals surface area (Å²) < 4.78 is 2.03. The Bertz CT molecular complexity index is 662. The number of para-hydroxylation sites is 1. The van der Waals surface area contributed by atoms with Crippen molar-refractivity contribution in [3.8, 4) is 0 Å². The summed E-state index contributed by atoms with van der Waals surface area (Å²) in [6.07, 6.45) is 5.41. The summed E-state index contributed by atoms with van der Waals surface area (Å²) in [5.41, 5.74) is 2.18. The first-order chi connectivity index (χ1) is 8.27. The molecule has 3 heteroatoms. The molecule has 1 aliphatic rings. The first kappa shape index (κ1) is 9.90. The van der Waals surface area contributed by atoms with Gasteiger partial charge in [0.1, 0.15) is 0 Å². The quantitative estimate of drug-likeness (QED) is 0.810. The van der Waals surface area contributed by atoms with E-state index in [1.54, 1.807) is 12.2 Å². The topological polar surface area (TPSA) is 42.2 Å². The summed E-state index contributed by atoms with van der Waals surface area (Å²) in [6.45, 7) is 0.704. The van der Waals surface area contributed by atoms with Gasteiger partial charge in [0.15, 0.2) is 0 Å². The maximum Gasteiger partial charge on any atom is 0.337 e. The van der Waals surface area contributed by atoms with E-state index < -0.39 is 5.97 Å². The van der Waals surface area contributed by atoms with Crippen molar-refractivity contribution in [2.45, 2.75) is 6.54 Å². The number of aromatic nitrogens is 1. The molecular weight excluding hydrogens is 214 g/mol. The van der Waals surface area contributed by atoms with Gasteiger partial charge in [-0.2, -0.15) is 0 Å². The molecule has 0 saturated carbocycles. The van der Waals surface area contributed by atoms with Crippen molar-refractivity contribution in [1.82, 2.24) is 4.57 Å². The Balaban J connectivity index is 2.34. The molecule has 2 aromatic rings. The second-order valence-electron chi connectivity index (χ2n) is 4.01. The SMILES string of the molecule is O=C(O)C1=CC=CCn2c1cc1ccccc12. The highest BCUT2D eigenvalue weighted by atomic mass is 16.4. The number of fused-ring (bicyclic) bond motifs is 3. The van der Waals surface area contributed by atoms with E-state index in [4.69, 9.17) is 0 Å². The summed E-state index contributed by atoms with van der Waals surface area (Å²) in [6, 6.07) is 9.87. The molecule has 0 atom stereocenters. The minimum atomic E-state index is -0.888. The fourth-order valence-corrected chi connectivity index (χ4v) is 2.23. The molecule has 0 unspecified atom stereocenters. The molecule has 0 fully saturated rings. The molecule has 1 N–H and O–H groups in total. The Morgan fingerprint density at radius 3 is 2.94 bits per heavy atom. The van der Waals surface area contributed by atoms with Crippen molar-refractivity contribution in [3.05, 3.63) is 54.3 Å². The predicted molar refractivity (Wildman–Crippen MR) is 66.7 cm³/mol. The van der Waals surface area contributed by atoms with E-state index >= 15 is 0 Å². The van der Waals surface area contributed by atoms with Gasteiger partial charge in [0.2, 0.25) is 0 Å². The van der Waals surface area contributed by atoms with Crippen LogP contribution in [0.5, 0.6) is 0 Å². The van der Waals surface area contributed by atoms with Crippen molar-refractivity contribution in [3.63, 3.8) is 0 Å². The van der Waals surface area contributed by atoms with Crippen LogP contribution in [0.2, 0.25) is 0 Å². The lowest BCUT2D eigenvalue weighted by atomic mass is 10.1. The van der Waals surface area contributed by atoms with Crippen molar-refractivity contribution < 1.29 is 9.90 Å². The third-order valence-electron chi connectivity index (χ3n) is 3.00. The van der Waals surface area contributed by atoms with Gasteiger partial charge in [0, 0.05) is 17.4 Å². The van der Waals surface area contributed by atoms with E-state index in [1.807, 2.05) is 41.0 Å². The summed E-state index contributed by atoms with van der Waals surface area (Å²) in [5, 5.41) is 10.3. The van der Waals surface area contributed by atoms with Gasteiger partial charge in [0.25, 0.3) is 0 Å². The van der Waals surface area contributed by atoms with Gasteiger partial charge in [0.05, 0.1) is 11.3 Å². The lowest BCUT2D eigenvalue weighted by Gasteiger charge is -2.06. The molecule has 17 heavy (non-hydrogen) atoms. The van der Waals surface area contributed by atoms with Crippen LogP contribution in [0.4, 0.5) is 0 Å². The number of aliphatic carboxylic acids is 1. The molecule has 84 valence electrons. The van der Waals surface area contributed by atoms with Crippen LogP contribution in [0, 0.1) is 0 Å². The van der Waals surface area contributed by atoms with Crippen LogP contribution in [-0.4, -0.2) is 15.6 Å². The number of hydrogen-bond acceptors (Lipinski definition) is 1. The number of carboxylic acid groups (broad SMARTS) is 1. The third-order valence-corrected chi connectivity index (χ3v) is 3.00. The first-order valence-electron chi connectivity index (χ1n) is 5.46. The molecule has 1 aliphatic heterocycles. The molecule has 0 spiro atoms. The Labute approximate surface area is 98.3 Å². The minimum absolute atomic E-state index is 0.343. The van der Waals surface area contributed by atoms with Gasteiger partial charge in [-0.1, -0.05) is 30.4 Å². The number of hydrogen-bond donors (Lipinski definition) is 1. The number of nitrogens with zero attached hydrogens (tertiary/aromatic N) is 1. The molecule has 0 aliphatic carbocycles. The van der Waals surface area contributed by atoms with E-state index in [0.29, 0.717) is 12.1 Å². The highest BCUT2D eigenvalue weighted by molar-refractivity contribution is 6.16.